The maximum atomic E-state index is 13.0. The first-order valence-electron chi connectivity index (χ1n) is 6.46. The van der Waals surface area contributed by atoms with Gasteiger partial charge in [0, 0.05) is 6.54 Å². The van der Waals surface area contributed by atoms with Crippen LogP contribution in [0.1, 0.15) is 19.4 Å². The van der Waals surface area contributed by atoms with Crippen LogP contribution in [0.5, 0.6) is 5.75 Å². The van der Waals surface area contributed by atoms with Crippen molar-refractivity contribution in [3.63, 3.8) is 0 Å². The molecule has 0 fully saturated rings. The first-order valence-corrected chi connectivity index (χ1v) is 6.46. The number of carbonyl (C=O) groups is 1. The van der Waals surface area contributed by atoms with E-state index in [1.807, 2.05) is 0 Å². The number of anilines is 1. The second-order valence-corrected chi connectivity index (χ2v) is 4.98. The smallest absolute Gasteiger partial charge is 0.418 e. The molecule has 0 aliphatic rings. The molecule has 7 heteroatoms. The number of rotatable bonds is 5. The average Bonchev–Trinajstić information content (AvgIpc) is 2.38. The molecule has 1 aromatic rings. The zero-order valence-electron chi connectivity index (χ0n) is 12.1. The van der Waals surface area contributed by atoms with E-state index in [9.17, 15) is 18.0 Å². The quantitative estimate of drug-likeness (QED) is 0.879. The van der Waals surface area contributed by atoms with Gasteiger partial charge in [-0.05, 0) is 24.1 Å². The van der Waals surface area contributed by atoms with Crippen LogP contribution in [0.25, 0.3) is 0 Å². The molecule has 0 bridgehead atoms. The molecule has 1 atom stereocenters. The summed E-state index contributed by atoms with van der Waals surface area (Å²) in [4.78, 5) is 12.0. The number of ether oxygens (including phenoxy) is 1. The lowest BCUT2D eigenvalue weighted by Crippen LogP contribution is -2.33. The molecule has 0 aromatic heterocycles. The van der Waals surface area contributed by atoms with E-state index in [0.29, 0.717) is 0 Å². The van der Waals surface area contributed by atoms with Crippen LogP contribution in [0.3, 0.4) is 0 Å². The van der Waals surface area contributed by atoms with E-state index in [1.54, 1.807) is 13.8 Å². The summed E-state index contributed by atoms with van der Waals surface area (Å²) in [6.07, 6.45) is -4.59. The van der Waals surface area contributed by atoms with Crippen LogP contribution < -0.4 is 15.8 Å². The summed E-state index contributed by atoms with van der Waals surface area (Å²) in [6.45, 7) is 3.65. The Hall–Kier alpha value is -1.76. The maximum Gasteiger partial charge on any atom is 0.418 e. The van der Waals surface area contributed by atoms with Gasteiger partial charge in [-0.3, -0.25) is 4.79 Å². The van der Waals surface area contributed by atoms with Crippen LogP contribution in [0, 0.1) is 11.8 Å². The summed E-state index contributed by atoms with van der Waals surface area (Å²) in [5.41, 5.74) is 4.25. The SMILES string of the molecule is COc1ccc(NC(=O)C(CN)C(C)C)c(C(F)(F)F)c1. The summed E-state index contributed by atoms with van der Waals surface area (Å²) in [7, 11) is 1.27. The maximum absolute atomic E-state index is 13.0. The van der Waals surface area contributed by atoms with E-state index in [0.717, 1.165) is 6.07 Å². The van der Waals surface area contributed by atoms with E-state index in [2.05, 4.69) is 5.32 Å². The molecule has 0 saturated heterocycles. The van der Waals surface area contributed by atoms with Crippen molar-refractivity contribution in [2.24, 2.45) is 17.6 Å². The summed E-state index contributed by atoms with van der Waals surface area (Å²) in [6, 6.07) is 3.38. The van der Waals surface area contributed by atoms with Crippen molar-refractivity contribution in [2.45, 2.75) is 20.0 Å². The number of nitrogens with two attached hydrogens (primary N) is 1. The van der Waals surface area contributed by atoms with Gasteiger partial charge in [0.2, 0.25) is 5.91 Å². The molecule has 1 rings (SSSR count). The van der Waals surface area contributed by atoms with Gasteiger partial charge in [-0.2, -0.15) is 13.2 Å². The number of hydrogen-bond donors (Lipinski definition) is 2. The molecule has 1 unspecified atom stereocenters. The third kappa shape index (κ3) is 4.35. The van der Waals surface area contributed by atoms with Crippen LogP contribution in [0.15, 0.2) is 18.2 Å². The molecule has 0 aliphatic carbocycles. The number of halogens is 3. The molecule has 0 heterocycles. The van der Waals surface area contributed by atoms with Gasteiger partial charge in [0.1, 0.15) is 5.75 Å². The Morgan fingerprint density at radius 2 is 2.00 bits per heavy atom. The fourth-order valence-electron chi connectivity index (χ4n) is 1.90. The van der Waals surface area contributed by atoms with Gasteiger partial charge in [-0.25, -0.2) is 0 Å². The van der Waals surface area contributed by atoms with Gasteiger partial charge in [-0.1, -0.05) is 13.8 Å². The van der Waals surface area contributed by atoms with Crippen molar-refractivity contribution in [2.75, 3.05) is 19.0 Å². The van der Waals surface area contributed by atoms with Crippen LogP contribution in [-0.2, 0) is 11.0 Å². The Morgan fingerprint density at radius 3 is 2.43 bits per heavy atom. The Bertz CT molecular complexity index is 501. The van der Waals surface area contributed by atoms with Crippen LogP contribution >= 0.6 is 0 Å². The molecule has 4 nitrogen and oxygen atoms in total. The number of nitrogens with one attached hydrogen (secondary N) is 1. The minimum absolute atomic E-state index is 0.0671. The Labute approximate surface area is 121 Å². The normalized spacial score (nSPS) is 13.1. The molecular formula is C14H19F3N2O2. The highest BCUT2D eigenvalue weighted by Crippen LogP contribution is 2.37. The molecule has 1 amide bonds. The van der Waals surface area contributed by atoms with E-state index >= 15 is 0 Å². The number of methoxy groups -OCH3 is 1. The predicted molar refractivity (Wildman–Crippen MR) is 74.0 cm³/mol. The zero-order valence-corrected chi connectivity index (χ0v) is 12.1. The number of amides is 1. The molecule has 0 radical (unpaired) electrons. The minimum Gasteiger partial charge on any atom is -0.497 e. The molecule has 1 aromatic carbocycles. The molecule has 3 N–H and O–H groups in total. The van der Waals surface area contributed by atoms with Crippen molar-refractivity contribution in [1.29, 1.82) is 0 Å². The first-order chi connectivity index (χ1) is 9.70. The molecule has 0 aliphatic heterocycles. The number of carbonyl (C=O) groups excluding carboxylic acids is 1. The lowest BCUT2D eigenvalue weighted by molar-refractivity contribution is -0.137. The van der Waals surface area contributed by atoms with Gasteiger partial charge in [0.15, 0.2) is 0 Å². The highest BCUT2D eigenvalue weighted by Gasteiger charge is 2.35. The van der Waals surface area contributed by atoms with Crippen molar-refractivity contribution in [3.8, 4) is 5.75 Å². The van der Waals surface area contributed by atoms with Crippen molar-refractivity contribution in [3.05, 3.63) is 23.8 Å². The number of benzene rings is 1. The minimum atomic E-state index is -4.59. The summed E-state index contributed by atoms with van der Waals surface area (Å²) < 4.78 is 43.9. The van der Waals surface area contributed by atoms with Gasteiger partial charge in [-0.15, -0.1) is 0 Å². The molecule has 21 heavy (non-hydrogen) atoms. The largest absolute Gasteiger partial charge is 0.497 e. The first kappa shape index (κ1) is 17.3. The van der Waals surface area contributed by atoms with Crippen LogP contribution in [0.2, 0.25) is 0 Å². The number of alkyl halides is 3. The molecule has 0 saturated carbocycles. The van der Waals surface area contributed by atoms with Gasteiger partial charge < -0.3 is 15.8 Å². The molecular weight excluding hydrogens is 285 g/mol. The second-order valence-electron chi connectivity index (χ2n) is 4.98. The standard InChI is InChI=1S/C14H19F3N2O2/c1-8(2)10(7-18)13(20)19-12-5-4-9(21-3)6-11(12)14(15,16)17/h4-6,8,10H,7,18H2,1-3H3,(H,19,20). The highest BCUT2D eigenvalue weighted by molar-refractivity contribution is 5.93. The summed E-state index contributed by atoms with van der Waals surface area (Å²) in [5.74, 6) is -1.07. The van der Waals surface area contributed by atoms with E-state index in [-0.39, 0.29) is 23.9 Å². The van der Waals surface area contributed by atoms with E-state index in [1.165, 1.54) is 19.2 Å². The third-order valence-corrected chi connectivity index (χ3v) is 3.19. The fraction of sp³-hybridized carbons (Fsp3) is 0.500. The van der Waals surface area contributed by atoms with Crippen LogP contribution in [0.4, 0.5) is 18.9 Å². The van der Waals surface area contributed by atoms with Gasteiger partial charge >= 0.3 is 6.18 Å². The second kappa shape index (κ2) is 6.80. The van der Waals surface area contributed by atoms with Crippen molar-refractivity contribution >= 4 is 11.6 Å². The van der Waals surface area contributed by atoms with E-state index in [4.69, 9.17) is 10.5 Å². The van der Waals surface area contributed by atoms with Crippen molar-refractivity contribution in [1.82, 2.24) is 0 Å². The molecule has 0 spiro atoms. The monoisotopic (exact) mass is 304 g/mol. The van der Waals surface area contributed by atoms with Gasteiger partial charge in [0.25, 0.3) is 0 Å². The zero-order chi connectivity index (χ0) is 16.2. The summed E-state index contributed by atoms with van der Waals surface area (Å²) >= 11 is 0. The Morgan fingerprint density at radius 1 is 1.38 bits per heavy atom. The Balaban J connectivity index is 3.11. The predicted octanol–water partition coefficient (Wildman–Crippen LogP) is 2.88. The van der Waals surface area contributed by atoms with Crippen LogP contribution in [-0.4, -0.2) is 19.6 Å². The van der Waals surface area contributed by atoms with Gasteiger partial charge in [0.05, 0.1) is 24.3 Å². The summed E-state index contributed by atoms with van der Waals surface area (Å²) in [5, 5.41) is 2.31. The lowest BCUT2D eigenvalue weighted by Gasteiger charge is -2.20. The number of hydrogen-bond acceptors (Lipinski definition) is 3. The fourth-order valence-corrected chi connectivity index (χ4v) is 1.90. The highest BCUT2D eigenvalue weighted by atomic mass is 19.4. The lowest BCUT2D eigenvalue weighted by atomic mass is 9.95. The van der Waals surface area contributed by atoms with Crippen molar-refractivity contribution < 1.29 is 22.7 Å². The third-order valence-electron chi connectivity index (χ3n) is 3.19. The average molecular weight is 304 g/mol. The topological polar surface area (TPSA) is 64.3 Å². The Kier molecular flexibility index (Phi) is 5.60. The molecule has 118 valence electrons. The van der Waals surface area contributed by atoms with E-state index < -0.39 is 23.6 Å².